The minimum absolute atomic E-state index is 0.175. The summed E-state index contributed by atoms with van der Waals surface area (Å²) in [5, 5.41) is 15.7. The summed E-state index contributed by atoms with van der Waals surface area (Å²) in [4.78, 5) is 10.8. The van der Waals surface area contributed by atoms with E-state index in [1.54, 1.807) is 0 Å². The second-order valence-corrected chi connectivity index (χ2v) is 3.94. The summed E-state index contributed by atoms with van der Waals surface area (Å²) in [6.07, 6.45) is 1.47. The third kappa shape index (κ3) is 2.18. The number of carboxylic acids is 1. The molecule has 2 unspecified atom stereocenters. The molecule has 5 heteroatoms. The molecule has 2 heterocycles. The van der Waals surface area contributed by atoms with Crippen LogP contribution in [0.25, 0.3) is 0 Å². The molecule has 0 amide bonds. The summed E-state index contributed by atoms with van der Waals surface area (Å²) in [7, 11) is 0. The zero-order chi connectivity index (χ0) is 10.8. The van der Waals surface area contributed by atoms with Gasteiger partial charge in [-0.25, -0.2) is 0 Å². The standard InChI is InChI=1S/C10H14N2O3/c1-6-4-9(15-12-6)7-2-3-11-8(5-7)10(13)14/h4,7-8,11H,2-3,5H2,1H3,(H,13,14). The molecule has 0 aliphatic carbocycles. The van der Waals surface area contributed by atoms with Crippen LogP contribution in [0.1, 0.15) is 30.2 Å². The Morgan fingerprint density at radius 2 is 2.53 bits per heavy atom. The number of aliphatic carboxylic acids is 1. The van der Waals surface area contributed by atoms with Crippen LogP contribution in [0.4, 0.5) is 0 Å². The highest BCUT2D eigenvalue weighted by Gasteiger charge is 2.29. The minimum atomic E-state index is -0.795. The molecule has 1 fully saturated rings. The van der Waals surface area contributed by atoms with Crippen LogP contribution in [-0.2, 0) is 4.79 Å². The van der Waals surface area contributed by atoms with Crippen molar-refractivity contribution in [1.82, 2.24) is 10.5 Å². The van der Waals surface area contributed by atoms with Gasteiger partial charge in [0.2, 0.25) is 0 Å². The molecule has 0 bridgehead atoms. The van der Waals surface area contributed by atoms with Gasteiger partial charge >= 0.3 is 5.97 Å². The summed E-state index contributed by atoms with van der Waals surface area (Å²) in [5.41, 5.74) is 0.843. The van der Waals surface area contributed by atoms with Crippen molar-refractivity contribution in [2.24, 2.45) is 0 Å². The van der Waals surface area contributed by atoms with E-state index in [1.165, 1.54) is 0 Å². The molecule has 1 aliphatic rings. The molecule has 82 valence electrons. The van der Waals surface area contributed by atoms with Crippen LogP contribution in [0, 0.1) is 6.92 Å². The van der Waals surface area contributed by atoms with Crippen molar-refractivity contribution in [2.45, 2.75) is 31.7 Å². The fourth-order valence-corrected chi connectivity index (χ4v) is 1.94. The number of carboxylic acid groups (broad SMARTS) is 1. The lowest BCUT2D eigenvalue weighted by molar-refractivity contribution is -0.140. The second kappa shape index (κ2) is 4.02. The van der Waals surface area contributed by atoms with Gasteiger partial charge in [0.1, 0.15) is 11.8 Å². The van der Waals surface area contributed by atoms with Crippen LogP contribution in [0.3, 0.4) is 0 Å². The Hall–Kier alpha value is -1.36. The van der Waals surface area contributed by atoms with E-state index in [-0.39, 0.29) is 5.92 Å². The fraction of sp³-hybridized carbons (Fsp3) is 0.600. The van der Waals surface area contributed by atoms with E-state index in [0.29, 0.717) is 13.0 Å². The topological polar surface area (TPSA) is 75.4 Å². The molecule has 0 saturated carbocycles. The number of nitrogens with zero attached hydrogens (tertiary/aromatic N) is 1. The molecule has 2 atom stereocenters. The molecule has 0 aromatic carbocycles. The van der Waals surface area contributed by atoms with Crippen molar-refractivity contribution >= 4 is 5.97 Å². The quantitative estimate of drug-likeness (QED) is 0.758. The first-order valence-electron chi connectivity index (χ1n) is 5.06. The minimum Gasteiger partial charge on any atom is -0.480 e. The van der Waals surface area contributed by atoms with E-state index >= 15 is 0 Å². The Morgan fingerprint density at radius 1 is 1.73 bits per heavy atom. The largest absolute Gasteiger partial charge is 0.480 e. The van der Waals surface area contributed by atoms with Crippen LogP contribution in [-0.4, -0.2) is 28.8 Å². The van der Waals surface area contributed by atoms with E-state index in [2.05, 4.69) is 10.5 Å². The zero-order valence-electron chi connectivity index (χ0n) is 8.56. The zero-order valence-corrected chi connectivity index (χ0v) is 8.56. The van der Waals surface area contributed by atoms with Gasteiger partial charge in [-0.15, -0.1) is 0 Å². The third-order valence-corrected chi connectivity index (χ3v) is 2.75. The van der Waals surface area contributed by atoms with E-state index in [0.717, 1.165) is 17.9 Å². The number of rotatable bonds is 2. The van der Waals surface area contributed by atoms with Crippen LogP contribution in [0.5, 0.6) is 0 Å². The average Bonchev–Trinajstić information content (AvgIpc) is 2.65. The number of aromatic nitrogens is 1. The number of hydrogen-bond donors (Lipinski definition) is 2. The van der Waals surface area contributed by atoms with Crippen LogP contribution in [0.15, 0.2) is 10.6 Å². The number of hydrogen-bond acceptors (Lipinski definition) is 4. The molecule has 2 rings (SSSR count). The van der Waals surface area contributed by atoms with E-state index < -0.39 is 12.0 Å². The molecule has 1 aromatic heterocycles. The highest BCUT2D eigenvalue weighted by atomic mass is 16.5. The summed E-state index contributed by atoms with van der Waals surface area (Å²) in [5.74, 6) is 0.185. The third-order valence-electron chi connectivity index (χ3n) is 2.75. The first-order valence-corrected chi connectivity index (χ1v) is 5.06. The molecule has 15 heavy (non-hydrogen) atoms. The Bertz CT molecular complexity index is 361. The molecular formula is C10H14N2O3. The predicted molar refractivity (Wildman–Crippen MR) is 52.6 cm³/mol. The maximum absolute atomic E-state index is 10.8. The maximum atomic E-state index is 10.8. The summed E-state index contributed by atoms with van der Waals surface area (Å²) in [6, 6.07) is 1.42. The molecule has 2 N–H and O–H groups in total. The number of carbonyl (C=O) groups is 1. The highest BCUT2D eigenvalue weighted by Crippen LogP contribution is 2.28. The molecule has 5 nitrogen and oxygen atoms in total. The van der Waals surface area contributed by atoms with Crippen molar-refractivity contribution < 1.29 is 14.4 Å². The smallest absolute Gasteiger partial charge is 0.320 e. The van der Waals surface area contributed by atoms with Gasteiger partial charge in [-0.05, 0) is 26.3 Å². The van der Waals surface area contributed by atoms with Crippen molar-refractivity contribution in [2.75, 3.05) is 6.54 Å². The Kier molecular flexibility index (Phi) is 2.73. The summed E-state index contributed by atoms with van der Waals surface area (Å²) < 4.78 is 5.16. The Balaban J connectivity index is 2.07. The first kappa shape index (κ1) is 10.2. The van der Waals surface area contributed by atoms with Crippen molar-refractivity contribution in [1.29, 1.82) is 0 Å². The monoisotopic (exact) mass is 210 g/mol. The van der Waals surface area contributed by atoms with E-state index in [4.69, 9.17) is 9.63 Å². The first-order chi connectivity index (χ1) is 7.16. The Morgan fingerprint density at radius 3 is 3.13 bits per heavy atom. The number of aryl methyl sites for hydroxylation is 1. The molecule has 1 saturated heterocycles. The normalized spacial score (nSPS) is 26.5. The van der Waals surface area contributed by atoms with Crippen LogP contribution >= 0.6 is 0 Å². The average molecular weight is 210 g/mol. The van der Waals surface area contributed by atoms with Crippen molar-refractivity contribution in [3.8, 4) is 0 Å². The van der Waals surface area contributed by atoms with Crippen LogP contribution < -0.4 is 5.32 Å². The summed E-state index contributed by atoms with van der Waals surface area (Å²) >= 11 is 0. The summed E-state index contributed by atoms with van der Waals surface area (Å²) in [6.45, 7) is 2.57. The van der Waals surface area contributed by atoms with Crippen LogP contribution in [0.2, 0.25) is 0 Å². The lowest BCUT2D eigenvalue weighted by Crippen LogP contribution is -2.42. The predicted octanol–water partition coefficient (Wildman–Crippen LogP) is 0.903. The highest BCUT2D eigenvalue weighted by molar-refractivity contribution is 5.73. The second-order valence-electron chi connectivity index (χ2n) is 3.94. The van der Waals surface area contributed by atoms with Gasteiger partial charge in [0.15, 0.2) is 0 Å². The number of piperidine rings is 1. The lowest BCUT2D eigenvalue weighted by atomic mass is 9.90. The molecule has 1 aromatic rings. The Labute approximate surface area is 87.5 Å². The number of nitrogens with one attached hydrogen (secondary N) is 1. The maximum Gasteiger partial charge on any atom is 0.320 e. The molecule has 0 spiro atoms. The van der Waals surface area contributed by atoms with Gasteiger partial charge in [-0.2, -0.15) is 0 Å². The van der Waals surface area contributed by atoms with Gasteiger partial charge in [-0.1, -0.05) is 5.16 Å². The van der Waals surface area contributed by atoms with E-state index in [9.17, 15) is 4.79 Å². The van der Waals surface area contributed by atoms with Gasteiger partial charge in [0.25, 0.3) is 0 Å². The van der Waals surface area contributed by atoms with Crippen molar-refractivity contribution in [3.05, 3.63) is 17.5 Å². The van der Waals surface area contributed by atoms with E-state index in [1.807, 2.05) is 13.0 Å². The van der Waals surface area contributed by atoms with Crippen molar-refractivity contribution in [3.63, 3.8) is 0 Å². The van der Waals surface area contributed by atoms with Gasteiger partial charge in [0.05, 0.1) is 5.69 Å². The SMILES string of the molecule is Cc1cc(C2CCNC(C(=O)O)C2)on1. The molecule has 1 aliphatic heterocycles. The fourth-order valence-electron chi connectivity index (χ4n) is 1.94. The lowest BCUT2D eigenvalue weighted by Gasteiger charge is -2.25. The van der Waals surface area contributed by atoms with Gasteiger partial charge < -0.3 is 14.9 Å². The van der Waals surface area contributed by atoms with Gasteiger partial charge in [-0.3, -0.25) is 4.79 Å². The molecule has 0 radical (unpaired) electrons. The van der Waals surface area contributed by atoms with Gasteiger partial charge in [0, 0.05) is 12.0 Å². The molecular weight excluding hydrogens is 196 g/mol.